The number of carbonyl (C=O) groups is 1. The molecule has 0 aromatic carbocycles. The molecule has 0 bridgehead atoms. The van der Waals surface area contributed by atoms with Gasteiger partial charge in [-0.1, -0.05) is 0 Å². The molecule has 0 aliphatic carbocycles. The van der Waals surface area contributed by atoms with Crippen molar-refractivity contribution in [1.82, 2.24) is 5.32 Å². The first-order chi connectivity index (χ1) is 7.96. The van der Waals surface area contributed by atoms with Crippen LogP contribution in [0.25, 0.3) is 0 Å². The minimum Gasteiger partial charge on any atom is -0.481 e. The van der Waals surface area contributed by atoms with Crippen LogP contribution in [0.1, 0.15) is 6.42 Å². The number of rotatable bonds is 4. The lowest BCUT2D eigenvalue weighted by atomic mass is 9.92. The molecule has 2 N–H and O–H groups in total. The monoisotopic (exact) mass is 281 g/mol. The summed E-state index contributed by atoms with van der Waals surface area (Å²) < 4.78 is 77.4. The second-order valence-electron chi connectivity index (χ2n) is 3.94. The molecule has 0 atom stereocenters. The minimum atomic E-state index is -5.64. The Labute approximate surface area is 96.9 Å². The SMILES string of the molecule is O=C(O)CC1(OC(C(F)(F)F)C(F)(F)F)CNC1. The van der Waals surface area contributed by atoms with Crippen molar-refractivity contribution in [3.63, 3.8) is 0 Å². The van der Waals surface area contributed by atoms with Gasteiger partial charge in [0.15, 0.2) is 0 Å². The topological polar surface area (TPSA) is 58.6 Å². The van der Waals surface area contributed by atoms with Crippen LogP contribution in [0.5, 0.6) is 0 Å². The lowest BCUT2D eigenvalue weighted by molar-refractivity contribution is -0.349. The normalized spacial score (nSPS) is 19.7. The predicted molar refractivity (Wildman–Crippen MR) is 44.8 cm³/mol. The number of hydrogen-bond acceptors (Lipinski definition) is 3. The molecule has 4 nitrogen and oxygen atoms in total. The zero-order valence-corrected chi connectivity index (χ0v) is 8.73. The standard InChI is InChI=1S/C8H9F6NO3/c9-7(10,11)5(8(12,13)14)18-6(1-4(16)17)2-15-3-6/h5,15H,1-3H2,(H,16,17). The highest BCUT2D eigenvalue weighted by molar-refractivity contribution is 5.68. The lowest BCUT2D eigenvalue weighted by Gasteiger charge is -2.44. The summed E-state index contributed by atoms with van der Waals surface area (Å²) in [4.78, 5) is 10.4. The van der Waals surface area contributed by atoms with E-state index in [9.17, 15) is 31.1 Å². The first-order valence-corrected chi connectivity index (χ1v) is 4.70. The van der Waals surface area contributed by atoms with Crippen molar-refractivity contribution in [2.75, 3.05) is 13.1 Å². The smallest absolute Gasteiger partial charge is 0.423 e. The van der Waals surface area contributed by atoms with Gasteiger partial charge in [0.05, 0.1) is 6.42 Å². The Morgan fingerprint density at radius 3 is 1.89 bits per heavy atom. The fourth-order valence-electron chi connectivity index (χ4n) is 1.50. The van der Waals surface area contributed by atoms with Crippen LogP contribution in [0.2, 0.25) is 0 Å². The summed E-state index contributed by atoms with van der Waals surface area (Å²) in [5.41, 5.74) is -1.97. The number of nitrogens with one attached hydrogen (secondary N) is 1. The van der Waals surface area contributed by atoms with Crippen molar-refractivity contribution in [1.29, 1.82) is 0 Å². The number of alkyl halides is 6. The van der Waals surface area contributed by atoms with Gasteiger partial charge in [-0.15, -0.1) is 0 Å². The van der Waals surface area contributed by atoms with E-state index in [1.165, 1.54) is 0 Å². The van der Waals surface area contributed by atoms with Crippen LogP contribution in [-0.4, -0.2) is 48.2 Å². The number of carboxylic acids is 1. The van der Waals surface area contributed by atoms with Gasteiger partial charge in [0, 0.05) is 13.1 Å². The maximum atomic E-state index is 12.2. The summed E-state index contributed by atoms with van der Waals surface area (Å²) in [6.45, 7) is -0.746. The number of ether oxygens (including phenoxy) is 1. The average molecular weight is 281 g/mol. The van der Waals surface area contributed by atoms with Gasteiger partial charge in [-0.25, -0.2) is 0 Å². The highest BCUT2D eigenvalue weighted by Gasteiger charge is 2.61. The van der Waals surface area contributed by atoms with E-state index in [4.69, 9.17) is 5.11 Å². The largest absolute Gasteiger partial charge is 0.481 e. The van der Waals surface area contributed by atoms with Gasteiger partial charge in [0.1, 0.15) is 5.60 Å². The summed E-state index contributed by atoms with van der Waals surface area (Å²) in [7, 11) is 0. The van der Waals surface area contributed by atoms with Gasteiger partial charge >= 0.3 is 18.3 Å². The summed E-state index contributed by atoms with van der Waals surface area (Å²) in [5, 5.41) is 10.9. The first kappa shape index (κ1) is 15.0. The van der Waals surface area contributed by atoms with Gasteiger partial charge < -0.3 is 15.2 Å². The molecule has 1 aliphatic rings. The van der Waals surface area contributed by atoms with E-state index < -0.39 is 36.4 Å². The third-order valence-electron chi connectivity index (χ3n) is 2.33. The van der Waals surface area contributed by atoms with Crippen LogP contribution in [0.3, 0.4) is 0 Å². The second-order valence-corrected chi connectivity index (χ2v) is 3.94. The van der Waals surface area contributed by atoms with Crippen molar-refractivity contribution in [3.05, 3.63) is 0 Å². The minimum absolute atomic E-state index is 0.373. The maximum absolute atomic E-state index is 12.2. The molecule has 0 radical (unpaired) electrons. The molecule has 0 aromatic rings. The quantitative estimate of drug-likeness (QED) is 0.763. The third-order valence-corrected chi connectivity index (χ3v) is 2.33. The van der Waals surface area contributed by atoms with Crippen LogP contribution >= 0.6 is 0 Å². The van der Waals surface area contributed by atoms with Crippen molar-refractivity contribution in [3.8, 4) is 0 Å². The molecule has 10 heteroatoms. The van der Waals surface area contributed by atoms with E-state index in [0.717, 1.165) is 0 Å². The molecule has 1 heterocycles. The Bertz CT molecular complexity index is 308. The molecule has 1 fully saturated rings. The van der Waals surface area contributed by atoms with Crippen molar-refractivity contribution in [2.45, 2.75) is 30.5 Å². The van der Waals surface area contributed by atoms with Crippen molar-refractivity contribution < 1.29 is 41.0 Å². The summed E-state index contributed by atoms with van der Waals surface area (Å²) >= 11 is 0. The van der Waals surface area contributed by atoms with Gasteiger partial charge in [0.25, 0.3) is 0 Å². The fraction of sp³-hybridized carbons (Fsp3) is 0.875. The lowest BCUT2D eigenvalue weighted by Crippen LogP contribution is -2.65. The highest BCUT2D eigenvalue weighted by atomic mass is 19.4. The van der Waals surface area contributed by atoms with E-state index in [1.54, 1.807) is 0 Å². The predicted octanol–water partition coefficient (Wildman–Crippen LogP) is 1.31. The molecule has 0 unspecified atom stereocenters. The second kappa shape index (κ2) is 4.57. The number of aliphatic carboxylic acids is 1. The fourth-order valence-corrected chi connectivity index (χ4v) is 1.50. The van der Waals surface area contributed by atoms with Crippen LogP contribution in [0.15, 0.2) is 0 Å². The van der Waals surface area contributed by atoms with Gasteiger partial charge in [0.2, 0.25) is 6.10 Å². The Kier molecular flexibility index (Phi) is 3.82. The Balaban J connectivity index is 2.86. The summed E-state index contributed by atoms with van der Waals surface area (Å²) in [6, 6.07) is 0. The Hall–Kier alpha value is -1.03. The van der Waals surface area contributed by atoms with Crippen LogP contribution < -0.4 is 5.32 Å². The summed E-state index contributed by atoms with van der Waals surface area (Å²) in [5.74, 6) is -1.53. The van der Waals surface area contributed by atoms with Crippen LogP contribution in [-0.2, 0) is 9.53 Å². The van der Waals surface area contributed by atoms with E-state index in [0.29, 0.717) is 0 Å². The summed E-state index contributed by atoms with van der Waals surface area (Å²) in [6.07, 6.45) is -16.2. The highest BCUT2D eigenvalue weighted by Crippen LogP contribution is 2.39. The van der Waals surface area contributed by atoms with Crippen molar-refractivity contribution >= 4 is 5.97 Å². The van der Waals surface area contributed by atoms with Gasteiger partial charge in [-0.2, -0.15) is 26.3 Å². The molecule has 1 rings (SSSR count). The number of hydrogen-bond donors (Lipinski definition) is 2. The molecule has 0 spiro atoms. The van der Waals surface area contributed by atoms with E-state index in [2.05, 4.69) is 10.1 Å². The van der Waals surface area contributed by atoms with Crippen molar-refractivity contribution in [2.24, 2.45) is 0 Å². The Morgan fingerprint density at radius 1 is 1.22 bits per heavy atom. The molecule has 1 saturated heterocycles. The Morgan fingerprint density at radius 2 is 1.67 bits per heavy atom. The molecular weight excluding hydrogens is 272 g/mol. The van der Waals surface area contributed by atoms with Crippen LogP contribution in [0, 0.1) is 0 Å². The zero-order chi connectivity index (χ0) is 14.2. The zero-order valence-electron chi connectivity index (χ0n) is 8.73. The maximum Gasteiger partial charge on any atom is 0.423 e. The molecule has 0 saturated carbocycles. The first-order valence-electron chi connectivity index (χ1n) is 4.70. The third kappa shape index (κ3) is 3.48. The number of halogens is 6. The van der Waals surface area contributed by atoms with Gasteiger partial charge in [-0.05, 0) is 0 Å². The molecule has 0 amide bonds. The molecular formula is C8H9F6NO3. The molecule has 0 aromatic heterocycles. The van der Waals surface area contributed by atoms with E-state index in [1.807, 2.05) is 0 Å². The van der Waals surface area contributed by atoms with E-state index >= 15 is 0 Å². The molecule has 18 heavy (non-hydrogen) atoms. The van der Waals surface area contributed by atoms with Crippen LogP contribution in [0.4, 0.5) is 26.3 Å². The average Bonchev–Trinajstić information content (AvgIpc) is 2.04. The molecule has 106 valence electrons. The molecule has 1 aliphatic heterocycles. The van der Waals surface area contributed by atoms with E-state index in [-0.39, 0.29) is 13.1 Å². The van der Waals surface area contributed by atoms with Gasteiger partial charge in [-0.3, -0.25) is 4.79 Å². The number of carboxylic acid groups (broad SMARTS) is 1.